The summed E-state index contributed by atoms with van der Waals surface area (Å²) >= 11 is 1.35. The highest BCUT2D eigenvalue weighted by Gasteiger charge is 2.39. The summed E-state index contributed by atoms with van der Waals surface area (Å²) in [6.45, 7) is 15.1. The van der Waals surface area contributed by atoms with Crippen LogP contribution in [-0.2, 0) is 35.0 Å². The van der Waals surface area contributed by atoms with Gasteiger partial charge in [-0.2, -0.15) is 0 Å². The number of carbonyl (C=O) groups is 5. The predicted octanol–water partition coefficient (Wildman–Crippen LogP) is 4.84. The van der Waals surface area contributed by atoms with Gasteiger partial charge >= 0.3 is 6.09 Å². The molecule has 4 rings (SSSR count). The van der Waals surface area contributed by atoms with Gasteiger partial charge in [0.1, 0.15) is 29.5 Å². The Balaban J connectivity index is 1.48. The maximum atomic E-state index is 14.7. The van der Waals surface area contributed by atoms with E-state index in [2.05, 4.69) is 47.2 Å². The van der Waals surface area contributed by atoms with Crippen LogP contribution >= 0.6 is 11.3 Å². The molecule has 1 aromatic heterocycles. The van der Waals surface area contributed by atoms with Gasteiger partial charge in [0.2, 0.25) is 17.7 Å². The minimum atomic E-state index is -0.824. The number of piperidine rings is 1. The number of hydrogen-bond donors (Lipinski definition) is 5. The molecule has 0 radical (unpaired) electrons. The second kappa shape index (κ2) is 25.8. The number of amides is 5. The average molecular weight is 885 g/mol. The number of likely N-dealkylation sites (N-methyl/N-ethyl adjacent to an activating group) is 1. The monoisotopic (exact) mass is 885 g/mol. The van der Waals surface area contributed by atoms with Crippen LogP contribution in [0.4, 0.5) is 4.79 Å². The second-order valence-corrected chi connectivity index (χ2v) is 17.8. The number of rotatable bonds is 23. The quantitative estimate of drug-likeness (QED) is 0.0754. The predicted molar refractivity (Wildman–Crippen MR) is 239 cm³/mol. The van der Waals surface area contributed by atoms with Crippen molar-refractivity contribution in [3.8, 4) is 0 Å². The normalized spacial score (nSPS) is 19.7. The number of hydrazine groups is 1. The Morgan fingerprint density at radius 3 is 2.45 bits per heavy atom. The van der Waals surface area contributed by atoms with E-state index in [0.717, 1.165) is 56.2 Å². The van der Waals surface area contributed by atoms with Crippen molar-refractivity contribution in [3.05, 3.63) is 51.5 Å². The summed E-state index contributed by atoms with van der Waals surface area (Å²) in [5.74, 6) is -1.65. The van der Waals surface area contributed by atoms with Crippen LogP contribution in [0.25, 0.3) is 0 Å². The molecule has 6 N–H and O–H groups in total. The van der Waals surface area contributed by atoms with Crippen LogP contribution < -0.4 is 27.2 Å². The van der Waals surface area contributed by atoms with Crippen molar-refractivity contribution in [2.75, 3.05) is 53.1 Å². The number of carbonyl (C=O) groups excluding carboxylic acids is 5. The summed E-state index contributed by atoms with van der Waals surface area (Å²) in [5, 5.41) is 8.66. The van der Waals surface area contributed by atoms with E-state index in [4.69, 9.17) is 24.9 Å². The summed E-state index contributed by atoms with van der Waals surface area (Å²) in [6, 6.07) is 6.01. The topological polar surface area (TPSA) is 207 Å². The number of nitrogens with two attached hydrogens (primary N) is 1. The minimum absolute atomic E-state index is 0.000502. The third-order valence-corrected chi connectivity index (χ3v) is 12.8. The largest absolute Gasteiger partial charge is 0.446 e. The highest BCUT2D eigenvalue weighted by molar-refractivity contribution is 7.09. The number of nitrogens with one attached hydrogen (secondary N) is 4. The zero-order valence-electron chi connectivity index (χ0n) is 37.9. The van der Waals surface area contributed by atoms with E-state index < -0.39 is 36.1 Å². The third kappa shape index (κ3) is 14.4. The standard InChI is InChI=1S/C45H72N8O8S/c1-8-19-53(44(57)39(30(6)10-3)49-42(56)36-17-13-14-20-52(36)7)37(29(4)5)27-38(60-21-9-2)43-48-35(28-62-43)41(55)47-32-25-31-15-11-12-16-33(31)34(26-32)40(54)50-51-45(58)61-24-23-59-22-18-46/h11-12,15-16,28-30,32,34,36-39H,8-10,13-14,17-27,46H2,1-7H3,(H,47,55)(H,49,56)(H,50,54)(H,51,58)/t30-,32?,34+,36+,37+,38+,39-/m0/s1. The van der Waals surface area contributed by atoms with E-state index in [-0.39, 0.29) is 60.5 Å². The zero-order valence-corrected chi connectivity index (χ0v) is 38.7. The van der Waals surface area contributed by atoms with Gasteiger partial charge in [0.05, 0.1) is 25.2 Å². The number of aromatic nitrogens is 1. The minimum Gasteiger partial charge on any atom is -0.446 e. The first-order valence-corrected chi connectivity index (χ1v) is 23.5. The number of thiazole rings is 1. The van der Waals surface area contributed by atoms with Crippen LogP contribution in [0.15, 0.2) is 29.6 Å². The molecule has 1 fully saturated rings. The third-order valence-electron chi connectivity index (χ3n) is 11.9. The summed E-state index contributed by atoms with van der Waals surface area (Å²) in [7, 11) is 1.98. The van der Waals surface area contributed by atoms with E-state index >= 15 is 0 Å². The molecule has 2 aliphatic rings. The number of hydrogen-bond acceptors (Lipinski definition) is 12. The van der Waals surface area contributed by atoms with Gasteiger partial charge in [0, 0.05) is 43.6 Å². The number of fused-ring (bicyclic) bond motifs is 1. The lowest BCUT2D eigenvalue weighted by Crippen LogP contribution is -2.58. The molecule has 17 heteroatoms. The molecule has 1 saturated heterocycles. The Kier molecular flexibility index (Phi) is 21.0. The lowest BCUT2D eigenvalue weighted by Gasteiger charge is -2.40. The Bertz CT molecular complexity index is 1740. The van der Waals surface area contributed by atoms with Crippen molar-refractivity contribution in [2.45, 2.75) is 136 Å². The van der Waals surface area contributed by atoms with Gasteiger partial charge in [-0.25, -0.2) is 15.2 Å². The van der Waals surface area contributed by atoms with E-state index in [0.29, 0.717) is 50.6 Å². The van der Waals surface area contributed by atoms with Gasteiger partial charge in [0.15, 0.2) is 0 Å². The fourth-order valence-electron chi connectivity index (χ4n) is 8.27. The van der Waals surface area contributed by atoms with Crippen LogP contribution in [0.1, 0.15) is 132 Å². The molecule has 1 aliphatic heterocycles. The van der Waals surface area contributed by atoms with Crippen LogP contribution in [0.5, 0.6) is 0 Å². The summed E-state index contributed by atoms with van der Waals surface area (Å²) in [5.41, 5.74) is 12.1. The highest BCUT2D eigenvalue weighted by atomic mass is 32.1. The number of nitrogens with zero attached hydrogens (tertiary/aromatic N) is 3. The first kappa shape index (κ1) is 50.5. The molecule has 1 unspecified atom stereocenters. The molecule has 16 nitrogen and oxygen atoms in total. The van der Waals surface area contributed by atoms with Crippen molar-refractivity contribution >= 4 is 41.1 Å². The van der Waals surface area contributed by atoms with Gasteiger partial charge in [-0.05, 0) is 75.1 Å². The van der Waals surface area contributed by atoms with E-state index in [1.54, 1.807) is 5.38 Å². The van der Waals surface area contributed by atoms with Crippen LogP contribution in [0, 0.1) is 11.8 Å². The molecule has 7 atom stereocenters. The molecule has 0 spiro atoms. The molecule has 0 saturated carbocycles. The smallest absolute Gasteiger partial charge is 0.426 e. The number of benzene rings is 1. The molecular weight excluding hydrogens is 813 g/mol. The fourth-order valence-corrected chi connectivity index (χ4v) is 9.13. The summed E-state index contributed by atoms with van der Waals surface area (Å²) in [4.78, 5) is 76.7. The van der Waals surface area contributed by atoms with Gasteiger partial charge in [-0.15, -0.1) is 11.3 Å². The first-order valence-electron chi connectivity index (χ1n) is 22.6. The molecule has 346 valence electrons. The molecule has 62 heavy (non-hydrogen) atoms. The van der Waals surface area contributed by atoms with E-state index in [1.807, 2.05) is 57.0 Å². The lowest BCUT2D eigenvalue weighted by atomic mass is 9.79. The van der Waals surface area contributed by atoms with Gasteiger partial charge in [-0.1, -0.05) is 78.6 Å². The van der Waals surface area contributed by atoms with E-state index in [1.165, 1.54) is 11.3 Å². The van der Waals surface area contributed by atoms with Crippen LogP contribution in [0.2, 0.25) is 0 Å². The van der Waals surface area contributed by atoms with Crippen molar-refractivity contribution in [2.24, 2.45) is 17.6 Å². The Labute approximate surface area is 372 Å². The van der Waals surface area contributed by atoms with E-state index in [9.17, 15) is 24.0 Å². The molecule has 1 aromatic carbocycles. The molecular formula is C45H72N8O8S. The zero-order chi connectivity index (χ0) is 45.2. The van der Waals surface area contributed by atoms with Crippen molar-refractivity contribution in [1.82, 2.24) is 36.3 Å². The fraction of sp³-hybridized carbons (Fsp3) is 0.689. The summed E-state index contributed by atoms with van der Waals surface area (Å²) in [6.07, 6.45) is 5.04. The van der Waals surface area contributed by atoms with Crippen molar-refractivity contribution in [1.29, 1.82) is 0 Å². The Morgan fingerprint density at radius 2 is 1.76 bits per heavy atom. The maximum Gasteiger partial charge on any atom is 0.426 e. The van der Waals surface area contributed by atoms with Gasteiger partial charge in [0.25, 0.3) is 5.91 Å². The highest BCUT2D eigenvalue weighted by Crippen LogP contribution is 2.34. The van der Waals surface area contributed by atoms with Crippen LogP contribution in [-0.4, -0.2) is 122 Å². The number of ether oxygens (including phenoxy) is 3. The van der Waals surface area contributed by atoms with Crippen molar-refractivity contribution < 1.29 is 38.2 Å². The Morgan fingerprint density at radius 1 is 0.984 bits per heavy atom. The number of likely N-dealkylation sites (tertiary alicyclic amines) is 1. The van der Waals surface area contributed by atoms with Gasteiger partial charge < -0.3 is 35.5 Å². The first-order chi connectivity index (χ1) is 29.8. The SMILES string of the molecule is CCCO[C@H](C[C@H](C(C)C)N(CCC)C(=O)[C@@H](NC(=O)[C@H]1CCCCN1C)[C@@H](C)CC)c1nc(C(=O)NC2Cc3ccccc3[C@H](C(=O)NNC(=O)OCCOCCN)C2)cs1. The van der Waals surface area contributed by atoms with Crippen molar-refractivity contribution in [3.63, 3.8) is 0 Å². The second-order valence-electron chi connectivity index (χ2n) is 16.9. The van der Waals surface area contributed by atoms with Crippen LogP contribution in [0.3, 0.4) is 0 Å². The molecule has 5 amide bonds. The molecule has 2 aromatic rings. The molecule has 1 aliphatic carbocycles. The maximum absolute atomic E-state index is 14.7. The summed E-state index contributed by atoms with van der Waals surface area (Å²) < 4.78 is 16.7. The lowest BCUT2D eigenvalue weighted by molar-refractivity contribution is -0.143. The molecule has 0 bridgehead atoms. The Hall–Kier alpha value is -4.16. The molecule has 2 heterocycles. The van der Waals surface area contributed by atoms with Gasteiger partial charge in [-0.3, -0.25) is 29.5 Å². The average Bonchev–Trinajstić information content (AvgIpc) is 3.77.